The number of nitrogens with zero attached hydrogens (tertiary/aromatic N) is 3. The van der Waals surface area contributed by atoms with E-state index in [1.165, 1.54) is 12.8 Å². The van der Waals surface area contributed by atoms with Crippen LogP contribution in [0.25, 0.3) is 0 Å². The molecule has 1 atom stereocenters. The van der Waals surface area contributed by atoms with Crippen LogP contribution in [0.4, 0.5) is 5.82 Å². The van der Waals surface area contributed by atoms with Crippen molar-refractivity contribution in [3.8, 4) is 0 Å². The Morgan fingerprint density at radius 2 is 2.26 bits per heavy atom. The van der Waals surface area contributed by atoms with Gasteiger partial charge in [0.1, 0.15) is 5.82 Å². The Morgan fingerprint density at radius 3 is 2.89 bits per heavy atom. The molecule has 106 valence electrons. The molecule has 0 aromatic carbocycles. The zero-order valence-electron chi connectivity index (χ0n) is 12.1. The second-order valence-corrected chi connectivity index (χ2v) is 6.06. The quantitative estimate of drug-likeness (QED) is 0.791. The Hall–Kier alpha value is -0.810. The number of aromatic nitrogens is 2. The molecule has 1 saturated carbocycles. The van der Waals surface area contributed by atoms with Crippen molar-refractivity contribution in [2.75, 3.05) is 24.0 Å². The van der Waals surface area contributed by atoms with E-state index in [1.807, 2.05) is 24.2 Å². The summed E-state index contributed by atoms with van der Waals surface area (Å²) in [6.45, 7) is 3.06. The first-order valence-electron chi connectivity index (χ1n) is 7.00. The minimum Gasteiger partial charge on any atom is -0.355 e. The summed E-state index contributed by atoms with van der Waals surface area (Å²) in [5.41, 5.74) is 1.04. The van der Waals surface area contributed by atoms with Crippen LogP contribution in [0, 0.1) is 0 Å². The molecule has 1 aliphatic carbocycles. The van der Waals surface area contributed by atoms with Gasteiger partial charge in [0, 0.05) is 37.6 Å². The molecule has 1 aliphatic rings. The van der Waals surface area contributed by atoms with Gasteiger partial charge in [-0.15, -0.1) is 0 Å². The fourth-order valence-electron chi connectivity index (χ4n) is 2.07. The van der Waals surface area contributed by atoms with Crippen molar-refractivity contribution in [2.24, 2.45) is 0 Å². The van der Waals surface area contributed by atoms with Gasteiger partial charge in [0.2, 0.25) is 0 Å². The monoisotopic (exact) mass is 280 g/mol. The fraction of sp³-hybridized carbons (Fsp3) is 0.714. The molecule has 0 radical (unpaired) electrons. The lowest BCUT2D eigenvalue weighted by Crippen LogP contribution is -2.34. The summed E-state index contributed by atoms with van der Waals surface area (Å²) < 4.78 is 0. The Balaban J connectivity index is 1.98. The number of hydrogen-bond donors (Lipinski definition) is 1. The summed E-state index contributed by atoms with van der Waals surface area (Å²) in [7, 11) is 2.12. The first kappa shape index (κ1) is 14.6. The molecule has 5 heteroatoms. The number of rotatable bonds is 8. The van der Waals surface area contributed by atoms with E-state index in [9.17, 15) is 0 Å². The maximum atomic E-state index is 4.72. The number of nitrogens with one attached hydrogen (secondary N) is 1. The largest absolute Gasteiger partial charge is 0.355 e. The molecule has 0 amide bonds. The van der Waals surface area contributed by atoms with E-state index in [2.05, 4.69) is 35.4 Å². The summed E-state index contributed by atoms with van der Waals surface area (Å²) in [5, 5.41) is 3.48. The van der Waals surface area contributed by atoms with Crippen molar-refractivity contribution >= 4 is 17.6 Å². The van der Waals surface area contributed by atoms with Gasteiger partial charge in [-0.1, -0.05) is 6.92 Å². The van der Waals surface area contributed by atoms with Crippen LogP contribution in [0.1, 0.15) is 31.9 Å². The molecule has 1 unspecified atom stereocenters. The maximum Gasteiger partial charge on any atom is 0.147 e. The van der Waals surface area contributed by atoms with Crippen molar-refractivity contribution in [2.45, 2.75) is 44.8 Å². The molecule has 4 nitrogen and oxygen atoms in total. The van der Waals surface area contributed by atoms with Crippen LogP contribution in [0.15, 0.2) is 12.4 Å². The normalized spacial score (nSPS) is 16.4. The standard InChI is InChI=1S/C14H24N4S/c1-4-13(10-19-3)18(2)14-9-15-7-12(17-14)8-16-11-5-6-11/h7,9,11,13,16H,4-6,8,10H2,1-3H3. The Bertz CT molecular complexity index is 395. The van der Waals surface area contributed by atoms with Gasteiger partial charge < -0.3 is 10.2 Å². The van der Waals surface area contributed by atoms with Crippen LogP contribution in [0.3, 0.4) is 0 Å². The minimum atomic E-state index is 0.524. The van der Waals surface area contributed by atoms with E-state index < -0.39 is 0 Å². The number of hydrogen-bond acceptors (Lipinski definition) is 5. The molecule has 0 saturated heterocycles. The highest BCUT2D eigenvalue weighted by Gasteiger charge is 2.20. The predicted molar refractivity (Wildman–Crippen MR) is 82.8 cm³/mol. The molecule has 19 heavy (non-hydrogen) atoms. The van der Waals surface area contributed by atoms with Crippen LogP contribution in [-0.4, -0.2) is 41.1 Å². The molecule has 0 spiro atoms. The predicted octanol–water partition coefficient (Wildman–Crippen LogP) is 2.31. The molecular formula is C14H24N4S. The van der Waals surface area contributed by atoms with E-state index in [0.717, 1.165) is 30.2 Å². The van der Waals surface area contributed by atoms with Crippen molar-refractivity contribution in [3.05, 3.63) is 18.1 Å². The van der Waals surface area contributed by atoms with Crippen molar-refractivity contribution in [1.29, 1.82) is 0 Å². The maximum absolute atomic E-state index is 4.72. The van der Waals surface area contributed by atoms with Gasteiger partial charge in [-0.05, 0) is 25.5 Å². The van der Waals surface area contributed by atoms with Gasteiger partial charge >= 0.3 is 0 Å². The minimum absolute atomic E-state index is 0.524. The van der Waals surface area contributed by atoms with Gasteiger partial charge in [-0.3, -0.25) is 4.98 Å². The summed E-state index contributed by atoms with van der Waals surface area (Å²) in [5.74, 6) is 2.11. The van der Waals surface area contributed by atoms with Gasteiger partial charge in [0.05, 0.1) is 11.9 Å². The second kappa shape index (κ2) is 7.10. The summed E-state index contributed by atoms with van der Waals surface area (Å²) >= 11 is 1.88. The topological polar surface area (TPSA) is 41.1 Å². The molecule has 1 N–H and O–H groups in total. The van der Waals surface area contributed by atoms with E-state index in [0.29, 0.717) is 12.1 Å². The second-order valence-electron chi connectivity index (χ2n) is 5.15. The van der Waals surface area contributed by atoms with Crippen LogP contribution in [0.5, 0.6) is 0 Å². The lowest BCUT2D eigenvalue weighted by Gasteiger charge is -2.27. The third-order valence-corrected chi connectivity index (χ3v) is 4.28. The summed E-state index contributed by atoms with van der Waals surface area (Å²) in [4.78, 5) is 11.3. The summed E-state index contributed by atoms with van der Waals surface area (Å²) in [6, 6.07) is 1.24. The van der Waals surface area contributed by atoms with E-state index in [4.69, 9.17) is 4.98 Å². The molecule has 0 aliphatic heterocycles. The van der Waals surface area contributed by atoms with Gasteiger partial charge in [-0.2, -0.15) is 11.8 Å². The van der Waals surface area contributed by atoms with Crippen LogP contribution >= 0.6 is 11.8 Å². The van der Waals surface area contributed by atoms with E-state index in [-0.39, 0.29) is 0 Å². The third-order valence-electron chi connectivity index (χ3n) is 3.56. The highest BCUT2D eigenvalue weighted by atomic mass is 32.2. The highest BCUT2D eigenvalue weighted by Crippen LogP contribution is 2.20. The van der Waals surface area contributed by atoms with Gasteiger partial charge in [0.15, 0.2) is 0 Å². The Kier molecular flexibility index (Phi) is 5.45. The first-order chi connectivity index (χ1) is 9.24. The van der Waals surface area contributed by atoms with Crippen molar-refractivity contribution in [1.82, 2.24) is 15.3 Å². The van der Waals surface area contributed by atoms with E-state index in [1.54, 1.807) is 0 Å². The molecule has 1 fully saturated rings. The summed E-state index contributed by atoms with van der Waals surface area (Å²) in [6.07, 6.45) is 9.62. The Labute approximate surface area is 120 Å². The molecule has 2 rings (SSSR count). The van der Waals surface area contributed by atoms with Crippen LogP contribution < -0.4 is 10.2 Å². The third kappa shape index (κ3) is 4.35. The average Bonchev–Trinajstić information content (AvgIpc) is 3.26. The molecular weight excluding hydrogens is 256 g/mol. The molecule has 1 aromatic heterocycles. The fourth-order valence-corrected chi connectivity index (χ4v) is 2.91. The van der Waals surface area contributed by atoms with E-state index >= 15 is 0 Å². The van der Waals surface area contributed by atoms with Gasteiger partial charge in [0.25, 0.3) is 0 Å². The van der Waals surface area contributed by atoms with Crippen LogP contribution in [0.2, 0.25) is 0 Å². The number of anilines is 1. The first-order valence-corrected chi connectivity index (χ1v) is 8.40. The van der Waals surface area contributed by atoms with Crippen LogP contribution in [-0.2, 0) is 6.54 Å². The zero-order chi connectivity index (χ0) is 13.7. The zero-order valence-corrected chi connectivity index (χ0v) is 12.9. The smallest absolute Gasteiger partial charge is 0.147 e. The van der Waals surface area contributed by atoms with Gasteiger partial charge in [-0.25, -0.2) is 4.98 Å². The average molecular weight is 280 g/mol. The molecule has 1 heterocycles. The molecule has 0 bridgehead atoms. The van der Waals surface area contributed by atoms with Crippen molar-refractivity contribution in [3.63, 3.8) is 0 Å². The number of thioether (sulfide) groups is 1. The lowest BCUT2D eigenvalue weighted by atomic mass is 10.2. The lowest BCUT2D eigenvalue weighted by molar-refractivity contribution is 0.649. The van der Waals surface area contributed by atoms with Crippen molar-refractivity contribution < 1.29 is 0 Å². The molecule has 1 aromatic rings. The Morgan fingerprint density at radius 1 is 1.47 bits per heavy atom. The highest BCUT2D eigenvalue weighted by molar-refractivity contribution is 7.98. The SMILES string of the molecule is CCC(CSC)N(C)c1cncc(CNC2CC2)n1.